The lowest BCUT2D eigenvalue weighted by molar-refractivity contribution is -0.146. The van der Waals surface area contributed by atoms with Crippen molar-refractivity contribution in [1.29, 1.82) is 0 Å². The molecule has 1 aliphatic carbocycles. The number of esters is 1. The zero-order chi connectivity index (χ0) is 20.1. The molecule has 0 saturated heterocycles. The first-order valence-corrected chi connectivity index (χ1v) is 9.98. The molecule has 3 rings (SSSR count). The first-order valence-electron chi connectivity index (χ1n) is 9.60. The molecule has 0 bridgehead atoms. The van der Waals surface area contributed by atoms with Gasteiger partial charge in [0.1, 0.15) is 5.69 Å². The monoisotopic (exact) mass is 403 g/mol. The van der Waals surface area contributed by atoms with E-state index in [2.05, 4.69) is 10.3 Å². The van der Waals surface area contributed by atoms with Crippen LogP contribution in [0.5, 0.6) is 0 Å². The van der Waals surface area contributed by atoms with Gasteiger partial charge < -0.3 is 14.6 Å². The van der Waals surface area contributed by atoms with Crippen LogP contribution in [-0.4, -0.2) is 35.1 Å². The van der Waals surface area contributed by atoms with Crippen LogP contribution >= 0.6 is 11.6 Å². The lowest BCUT2D eigenvalue weighted by Gasteiger charge is -2.27. The Morgan fingerprint density at radius 3 is 2.54 bits per heavy atom. The molecular weight excluding hydrogens is 378 g/mol. The lowest BCUT2D eigenvalue weighted by atomic mass is 9.82. The number of aryl methyl sites for hydroxylation is 1. The van der Waals surface area contributed by atoms with E-state index in [0.717, 1.165) is 31.2 Å². The van der Waals surface area contributed by atoms with Crippen LogP contribution in [0.25, 0.3) is 0 Å². The number of nitrogens with zero attached hydrogens (tertiary/aromatic N) is 2. The van der Waals surface area contributed by atoms with Crippen LogP contribution in [0.2, 0.25) is 5.28 Å². The van der Waals surface area contributed by atoms with Gasteiger partial charge in [-0.05, 0) is 55.7 Å². The van der Waals surface area contributed by atoms with Gasteiger partial charge in [-0.25, -0.2) is 4.98 Å². The van der Waals surface area contributed by atoms with Crippen LogP contribution in [0.15, 0.2) is 30.5 Å². The van der Waals surface area contributed by atoms with Crippen LogP contribution in [0.3, 0.4) is 0 Å². The van der Waals surface area contributed by atoms with Gasteiger partial charge in [0.2, 0.25) is 5.28 Å². The summed E-state index contributed by atoms with van der Waals surface area (Å²) in [5, 5.41) is 3.30. The van der Waals surface area contributed by atoms with E-state index in [1.54, 1.807) is 4.57 Å². The number of carbonyl (C=O) groups excluding carboxylic acids is 2. The van der Waals surface area contributed by atoms with Gasteiger partial charge in [0.15, 0.2) is 0 Å². The maximum atomic E-state index is 12.7. The summed E-state index contributed by atoms with van der Waals surface area (Å²) in [4.78, 5) is 28.4. The molecule has 0 radical (unpaired) electrons. The fourth-order valence-electron chi connectivity index (χ4n) is 3.66. The SMILES string of the molecule is COC(=O)C1CCC(CNC(=O)c2cnc(Cl)n2Cc2ccc(C)cc2)CC1. The lowest BCUT2D eigenvalue weighted by Crippen LogP contribution is -2.33. The van der Waals surface area contributed by atoms with E-state index in [1.165, 1.54) is 18.9 Å². The molecule has 7 heteroatoms. The van der Waals surface area contributed by atoms with Crippen molar-refractivity contribution in [2.45, 2.75) is 39.2 Å². The summed E-state index contributed by atoms with van der Waals surface area (Å²) >= 11 is 6.21. The zero-order valence-corrected chi connectivity index (χ0v) is 17.0. The summed E-state index contributed by atoms with van der Waals surface area (Å²) in [6.45, 7) is 3.11. The van der Waals surface area contributed by atoms with Gasteiger partial charge in [0.05, 0.1) is 25.8 Å². The predicted octanol–water partition coefficient (Wildman–Crippen LogP) is 3.60. The van der Waals surface area contributed by atoms with Gasteiger partial charge in [-0.3, -0.25) is 9.59 Å². The molecule has 150 valence electrons. The number of carbonyl (C=O) groups is 2. The number of methoxy groups -OCH3 is 1. The average Bonchev–Trinajstić information content (AvgIpc) is 3.08. The zero-order valence-electron chi connectivity index (χ0n) is 16.3. The van der Waals surface area contributed by atoms with Crippen molar-refractivity contribution in [3.05, 3.63) is 52.6 Å². The topological polar surface area (TPSA) is 73.2 Å². The molecule has 1 saturated carbocycles. The molecule has 1 heterocycles. The third kappa shape index (κ3) is 4.93. The Labute approximate surface area is 170 Å². The van der Waals surface area contributed by atoms with Gasteiger partial charge in [0, 0.05) is 6.54 Å². The van der Waals surface area contributed by atoms with Crippen LogP contribution < -0.4 is 5.32 Å². The summed E-state index contributed by atoms with van der Waals surface area (Å²) in [6.07, 6.45) is 4.95. The molecule has 1 fully saturated rings. The second-order valence-corrected chi connectivity index (χ2v) is 7.77. The van der Waals surface area contributed by atoms with E-state index in [4.69, 9.17) is 16.3 Å². The Hall–Kier alpha value is -2.34. The average molecular weight is 404 g/mol. The third-order valence-electron chi connectivity index (χ3n) is 5.43. The molecule has 1 aromatic carbocycles. The highest BCUT2D eigenvalue weighted by Crippen LogP contribution is 2.29. The smallest absolute Gasteiger partial charge is 0.308 e. The second-order valence-electron chi connectivity index (χ2n) is 7.44. The second kappa shape index (κ2) is 9.24. The highest BCUT2D eigenvalue weighted by molar-refractivity contribution is 6.28. The van der Waals surface area contributed by atoms with E-state index in [9.17, 15) is 9.59 Å². The number of hydrogen-bond acceptors (Lipinski definition) is 4. The van der Waals surface area contributed by atoms with Gasteiger partial charge >= 0.3 is 5.97 Å². The van der Waals surface area contributed by atoms with Crippen molar-refractivity contribution in [2.24, 2.45) is 11.8 Å². The molecule has 1 aliphatic rings. The number of imidazole rings is 1. The molecule has 0 atom stereocenters. The standard InChI is InChI=1S/C21H26ClN3O3/c1-14-3-5-16(6-4-14)13-25-18(12-24-21(25)22)19(26)23-11-15-7-9-17(10-8-15)20(27)28-2/h3-6,12,15,17H,7-11,13H2,1-2H3,(H,23,26). The minimum atomic E-state index is -0.179. The number of halogens is 1. The number of benzene rings is 1. The summed E-state index contributed by atoms with van der Waals surface area (Å²) in [6, 6.07) is 8.11. The molecular formula is C21H26ClN3O3. The van der Waals surface area contributed by atoms with Crippen molar-refractivity contribution < 1.29 is 14.3 Å². The number of aromatic nitrogens is 2. The number of rotatable bonds is 6. The van der Waals surface area contributed by atoms with Crippen molar-refractivity contribution in [3.63, 3.8) is 0 Å². The van der Waals surface area contributed by atoms with Crippen molar-refractivity contribution in [3.8, 4) is 0 Å². The Morgan fingerprint density at radius 1 is 1.21 bits per heavy atom. The Morgan fingerprint density at radius 2 is 1.89 bits per heavy atom. The van der Waals surface area contributed by atoms with E-state index >= 15 is 0 Å². The van der Waals surface area contributed by atoms with Gasteiger partial charge in [-0.2, -0.15) is 0 Å². The maximum Gasteiger partial charge on any atom is 0.308 e. The largest absolute Gasteiger partial charge is 0.469 e. The van der Waals surface area contributed by atoms with Crippen LogP contribution in [0.1, 0.15) is 47.3 Å². The molecule has 1 aromatic heterocycles. The summed E-state index contributed by atoms with van der Waals surface area (Å²) in [5.41, 5.74) is 2.69. The molecule has 2 aromatic rings. The maximum absolute atomic E-state index is 12.7. The number of amides is 1. The first-order chi connectivity index (χ1) is 13.5. The Bertz CT molecular complexity index is 824. The molecule has 0 aliphatic heterocycles. The van der Waals surface area contributed by atoms with E-state index in [-0.39, 0.29) is 17.8 Å². The van der Waals surface area contributed by atoms with Crippen molar-refractivity contribution in [1.82, 2.24) is 14.9 Å². The summed E-state index contributed by atoms with van der Waals surface area (Å²) < 4.78 is 6.54. The van der Waals surface area contributed by atoms with Crippen LogP contribution in [-0.2, 0) is 16.1 Å². The van der Waals surface area contributed by atoms with Gasteiger partial charge in [-0.1, -0.05) is 29.8 Å². The molecule has 0 unspecified atom stereocenters. The highest BCUT2D eigenvalue weighted by Gasteiger charge is 2.27. The van der Waals surface area contributed by atoms with Crippen LogP contribution in [0.4, 0.5) is 0 Å². The van der Waals surface area contributed by atoms with E-state index < -0.39 is 0 Å². The molecule has 6 nitrogen and oxygen atoms in total. The summed E-state index contributed by atoms with van der Waals surface area (Å²) in [7, 11) is 1.43. The molecule has 28 heavy (non-hydrogen) atoms. The van der Waals surface area contributed by atoms with E-state index in [0.29, 0.717) is 30.0 Å². The summed E-state index contributed by atoms with van der Waals surface area (Å²) in [5.74, 6) is 0.0548. The fraction of sp³-hybridized carbons (Fsp3) is 0.476. The van der Waals surface area contributed by atoms with Crippen molar-refractivity contribution in [2.75, 3.05) is 13.7 Å². The number of hydrogen-bond donors (Lipinski definition) is 1. The number of nitrogens with one attached hydrogen (secondary N) is 1. The minimum absolute atomic E-state index is 0.00769. The Kier molecular flexibility index (Phi) is 6.73. The quantitative estimate of drug-likeness (QED) is 0.748. The van der Waals surface area contributed by atoms with Crippen LogP contribution in [0, 0.1) is 18.8 Å². The fourth-order valence-corrected chi connectivity index (χ4v) is 3.86. The highest BCUT2D eigenvalue weighted by atomic mass is 35.5. The van der Waals surface area contributed by atoms with Gasteiger partial charge in [0.25, 0.3) is 5.91 Å². The minimum Gasteiger partial charge on any atom is -0.469 e. The molecule has 0 spiro atoms. The number of ether oxygens (including phenoxy) is 1. The normalized spacial score (nSPS) is 19.2. The molecule has 1 amide bonds. The van der Waals surface area contributed by atoms with E-state index in [1.807, 2.05) is 31.2 Å². The van der Waals surface area contributed by atoms with Crippen molar-refractivity contribution >= 4 is 23.5 Å². The third-order valence-corrected chi connectivity index (χ3v) is 5.74. The predicted molar refractivity (Wildman–Crippen MR) is 107 cm³/mol. The molecule has 1 N–H and O–H groups in total. The van der Waals surface area contributed by atoms with Gasteiger partial charge in [-0.15, -0.1) is 0 Å². The first kappa shape index (κ1) is 20.4. The Balaban J connectivity index is 1.57.